The zero-order valence-electron chi connectivity index (χ0n) is 17.7. The molecular weight excluding hydrogens is 408 g/mol. The van der Waals surface area contributed by atoms with Gasteiger partial charge in [0.1, 0.15) is 0 Å². The third-order valence-electron chi connectivity index (χ3n) is 4.73. The van der Waals surface area contributed by atoms with E-state index in [1.165, 1.54) is 28.2 Å². The number of aromatic nitrogens is 2. The van der Waals surface area contributed by atoms with Crippen LogP contribution in [-0.4, -0.2) is 47.9 Å². The van der Waals surface area contributed by atoms with Crippen molar-refractivity contribution in [3.05, 3.63) is 41.2 Å². The van der Waals surface area contributed by atoms with E-state index in [1.807, 2.05) is 34.0 Å². The van der Waals surface area contributed by atoms with Gasteiger partial charge in [0.15, 0.2) is 5.16 Å². The number of hydrogen-bond acceptors (Lipinski definition) is 6. The summed E-state index contributed by atoms with van der Waals surface area (Å²) in [6, 6.07) is 6.08. The van der Waals surface area contributed by atoms with Crippen molar-refractivity contribution in [2.45, 2.75) is 56.6 Å². The van der Waals surface area contributed by atoms with E-state index in [1.54, 1.807) is 19.2 Å². The Balaban J connectivity index is 2.02. The fourth-order valence-corrected chi connectivity index (χ4v) is 4.60. The van der Waals surface area contributed by atoms with Crippen molar-refractivity contribution in [2.75, 3.05) is 18.6 Å². The van der Waals surface area contributed by atoms with Crippen LogP contribution >= 0.6 is 11.8 Å². The maximum Gasteiger partial charge on any atom is 0.243 e. The van der Waals surface area contributed by atoms with Crippen molar-refractivity contribution >= 4 is 33.4 Å². The lowest BCUT2D eigenvalue weighted by atomic mass is 10.1. The van der Waals surface area contributed by atoms with E-state index in [4.69, 9.17) is 0 Å². The van der Waals surface area contributed by atoms with Crippen molar-refractivity contribution in [3.8, 4) is 0 Å². The van der Waals surface area contributed by atoms with Crippen LogP contribution in [0.5, 0.6) is 0 Å². The highest BCUT2D eigenvalue weighted by Crippen LogP contribution is 2.20. The van der Waals surface area contributed by atoms with E-state index in [9.17, 15) is 13.2 Å². The first-order valence-corrected chi connectivity index (χ1v) is 12.0. The summed E-state index contributed by atoms with van der Waals surface area (Å²) < 4.78 is 26.3. The molecule has 1 N–H and O–H groups in total. The van der Waals surface area contributed by atoms with Gasteiger partial charge >= 0.3 is 0 Å². The van der Waals surface area contributed by atoms with E-state index in [2.05, 4.69) is 15.3 Å². The summed E-state index contributed by atoms with van der Waals surface area (Å²) in [5.41, 5.74) is 3.32. The van der Waals surface area contributed by atoms with Crippen molar-refractivity contribution in [3.63, 3.8) is 0 Å². The summed E-state index contributed by atoms with van der Waals surface area (Å²) in [5, 5.41) is 3.54. The third-order valence-corrected chi connectivity index (χ3v) is 7.32. The Hall–Kier alpha value is -1.97. The number of anilines is 1. The van der Waals surface area contributed by atoms with E-state index < -0.39 is 10.0 Å². The molecule has 29 heavy (non-hydrogen) atoms. The quantitative estimate of drug-likeness (QED) is 0.504. The van der Waals surface area contributed by atoms with Crippen molar-refractivity contribution in [1.29, 1.82) is 0 Å². The first-order valence-electron chi connectivity index (χ1n) is 9.32. The second-order valence-electron chi connectivity index (χ2n) is 7.05. The largest absolute Gasteiger partial charge is 0.326 e. The Bertz CT molecular complexity index is 951. The Kier molecular flexibility index (Phi) is 7.79. The standard InChI is InChI=1S/C20H28N4O3S2/c1-13(2)24(5)29(26,27)17-9-7-16(8-10-17)23-19(25)12-11-18-14(3)21-20(28-6)22-15(18)4/h7-10,13H,11-12H2,1-6H3,(H,23,25). The third kappa shape index (κ3) is 5.77. The molecule has 0 saturated carbocycles. The highest BCUT2D eigenvalue weighted by molar-refractivity contribution is 7.98. The number of thioether (sulfide) groups is 1. The Morgan fingerprint density at radius 3 is 2.17 bits per heavy atom. The van der Waals surface area contributed by atoms with E-state index in [-0.39, 0.29) is 16.8 Å². The smallest absolute Gasteiger partial charge is 0.243 e. The summed E-state index contributed by atoms with van der Waals surface area (Å²) in [6.45, 7) is 7.48. The van der Waals surface area contributed by atoms with Crippen molar-refractivity contribution < 1.29 is 13.2 Å². The van der Waals surface area contributed by atoms with Gasteiger partial charge in [-0.2, -0.15) is 4.31 Å². The second kappa shape index (κ2) is 9.69. The molecule has 0 unspecified atom stereocenters. The number of aryl methyl sites for hydroxylation is 2. The predicted molar refractivity (Wildman–Crippen MR) is 117 cm³/mol. The van der Waals surface area contributed by atoms with Gasteiger partial charge in [0.2, 0.25) is 15.9 Å². The van der Waals surface area contributed by atoms with Crippen LogP contribution in [0.2, 0.25) is 0 Å². The lowest BCUT2D eigenvalue weighted by Crippen LogP contribution is -2.33. The fourth-order valence-electron chi connectivity index (χ4n) is 2.78. The fraction of sp³-hybridized carbons (Fsp3) is 0.450. The van der Waals surface area contributed by atoms with Gasteiger partial charge < -0.3 is 5.32 Å². The molecule has 0 atom stereocenters. The number of amides is 1. The summed E-state index contributed by atoms with van der Waals surface area (Å²) in [6.07, 6.45) is 2.77. The molecule has 1 aromatic heterocycles. The van der Waals surface area contributed by atoms with Gasteiger partial charge in [0.05, 0.1) is 4.90 Å². The van der Waals surface area contributed by atoms with Gasteiger partial charge in [0, 0.05) is 36.6 Å². The first kappa shape index (κ1) is 23.3. The molecule has 2 aromatic rings. The summed E-state index contributed by atoms with van der Waals surface area (Å²) in [4.78, 5) is 21.4. The molecule has 1 heterocycles. The number of benzene rings is 1. The number of sulfonamides is 1. The van der Waals surface area contributed by atoms with Crippen molar-refractivity contribution in [2.24, 2.45) is 0 Å². The summed E-state index contributed by atoms with van der Waals surface area (Å²) >= 11 is 1.49. The maximum absolute atomic E-state index is 12.5. The number of rotatable bonds is 8. The molecule has 7 nitrogen and oxygen atoms in total. The van der Waals surface area contributed by atoms with Crippen LogP contribution in [0.1, 0.15) is 37.2 Å². The van der Waals surface area contributed by atoms with Crippen LogP contribution in [0, 0.1) is 13.8 Å². The second-order valence-corrected chi connectivity index (χ2v) is 9.82. The SMILES string of the molecule is CSc1nc(C)c(CCC(=O)Nc2ccc(S(=O)(=O)N(C)C(C)C)cc2)c(C)n1. The van der Waals surface area contributed by atoms with Gasteiger partial charge in [-0.25, -0.2) is 18.4 Å². The van der Waals surface area contributed by atoms with Gasteiger partial charge in [-0.1, -0.05) is 11.8 Å². The Labute approximate surface area is 177 Å². The molecule has 2 rings (SSSR count). The molecule has 9 heteroatoms. The normalized spacial score (nSPS) is 11.9. The monoisotopic (exact) mass is 436 g/mol. The molecule has 0 aliphatic rings. The molecule has 0 bridgehead atoms. The molecule has 0 aliphatic carbocycles. The number of hydrogen-bond donors (Lipinski definition) is 1. The molecule has 0 aliphatic heterocycles. The van der Waals surface area contributed by atoms with E-state index in [0.29, 0.717) is 18.5 Å². The highest BCUT2D eigenvalue weighted by atomic mass is 32.2. The van der Waals surface area contributed by atoms with Crippen LogP contribution < -0.4 is 5.32 Å². The highest BCUT2D eigenvalue weighted by Gasteiger charge is 2.22. The molecule has 1 amide bonds. The van der Waals surface area contributed by atoms with Gasteiger partial charge in [0.25, 0.3) is 0 Å². The summed E-state index contributed by atoms with van der Waals surface area (Å²) in [7, 11) is -1.99. The van der Waals surface area contributed by atoms with Crippen molar-refractivity contribution in [1.82, 2.24) is 14.3 Å². The Morgan fingerprint density at radius 2 is 1.69 bits per heavy atom. The zero-order valence-corrected chi connectivity index (χ0v) is 19.3. The number of nitrogens with one attached hydrogen (secondary N) is 1. The lowest BCUT2D eigenvalue weighted by Gasteiger charge is -2.21. The molecule has 0 fully saturated rings. The van der Waals surface area contributed by atoms with Crippen LogP contribution in [0.4, 0.5) is 5.69 Å². The minimum absolute atomic E-state index is 0.139. The van der Waals surface area contributed by atoms with Gasteiger partial charge in [-0.3, -0.25) is 4.79 Å². The molecule has 0 radical (unpaired) electrons. The van der Waals surface area contributed by atoms with Gasteiger partial charge in [-0.15, -0.1) is 0 Å². The molecule has 0 spiro atoms. The number of nitrogens with zero attached hydrogens (tertiary/aromatic N) is 3. The molecule has 0 saturated heterocycles. The molecule has 1 aromatic carbocycles. The Morgan fingerprint density at radius 1 is 1.14 bits per heavy atom. The van der Waals surface area contributed by atoms with Gasteiger partial charge in [-0.05, 0) is 70.2 Å². The minimum Gasteiger partial charge on any atom is -0.326 e. The van der Waals surface area contributed by atoms with Crippen LogP contribution in [-0.2, 0) is 21.2 Å². The minimum atomic E-state index is -3.54. The zero-order chi connectivity index (χ0) is 21.8. The van der Waals surface area contributed by atoms with E-state index in [0.717, 1.165) is 22.1 Å². The first-order chi connectivity index (χ1) is 13.6. The summed E-state index contributed by atoms with van der Waals surface area (Å²) in [5.74, 6) is -0.146. The topological polar surface area (TPSA) is 92.3 Å². The molecular formula is C20H28N4O3S2. The van der Waals surface area contributed by atoms with Crippen LogP contribution in [0.3, 0.4) is 0 Å². The van der Waals surface area contributed by atoms with Crippen LogP contribution in [0.25, 0.3) is 0 Å². The lowest BCUT2D eigenvalue weighted by molar-refractivity contribution is -0.116. The predicted octanol–water partition coefficient (Wildman–Crippen LogP) is 3.42. The maximum atomic E-state index is 12.5. The molecule has 158 valence electrons. The average Bonchev–Trinajstić information content (AvgIpc) is 2.66. The number of carbonyl (C=O) groups is 1. The average molecular weight is 437 g/mol. The van der Waals surface area contributed by atoms with Crippen LogP contribution in [0.15, 0.2) is 34.3 Å². The van der Waals surface area contributed by atoms with E-state index >= 15 is 0 Å². The number of carbonyl (C=O) groups excluding carboxylic acids is 1.